The summed E-state index contributed by atoms with van der Waals surface area (Å²) < 4.78 is 5.60. The van der Waals surface area contributed by atoms with E-state index in [1.165, 1.54) is 0 Å². The average Bonchev–Trinajstić information content (AvgIpc) is 3.00. The smallest absolute Gasteiger partial charge is 0.119 e. The molecule has 114 valence electrons. The van der Waals surface area contributed by atoms with E-state index in [9.17, 15) is 5.11 Å². The molecule has 2 atom stereocenters. The third-order valence-corrected chi connectivity index (χ3v) is 4.08. The van der Waals surface area contributed by atoms with Gasteiger partial charge in [-0.2, -0.15) is 0 Å². The number of aryl methyl sites for hydroxylation is 1. The van der Waals surface area contributed by atoms with Crippen molar-refractivity contribution >= 4 is 11.3 Å². The van der Waals surface area contributed by atoms with Gasteiger partial charge in [-0.05, 0) is 31.0 Å². The molecule has 0 aliphatic heterocycles. The van der Waals surface area contributed by atoms with Crippen molar-refractivity contribution in [1.29, 1.82) is 0 Å². The van der Waals surface area contributed by atoms with Gasteiger partial charge in [0.2, 0.25) is 0 Å². The monoisotopic (exact) mass is 306 g/mol. The van der Waals surface area contributed by atoms with Crippen molar-refractivity contribution in [1.82, 2.24) is 10.3 Å². The highest BCUT2D eigenvalue weighted by atomic mass is 32.1. The fourth-order valence-electron chi connectivity index (χ4n) is 2.05. The Labute approximate surface area is 129 Å². The molecule has 0 aliphatic carbocycles. The lowest BCUT2D eigenvalue weighted by Gasteiger charge is -2.18. The number of hydrogen-bond acceptors (Lipinski definition) is 5. The third kappa shape index (κ3) is 5.12. The Morgan fingerprint density at radius 3 is 2.95 bits per heavy atom. The number of thiazole rings is 1. The lowest BCUT2D eigenvalue weighted by atomic mass is 10.2. The zero-order valence-corrected chi connectivity index (χ0v) is 13.3. The maximum Gasteiger partial charge on any atom is 0.119 e. The number of nitrogens with one attached hydrogen (secondary N) is 1. The van der Waals surface area contributed by atoms with E-state index < -0.39 is 6.10 Å². The highest BCUT2D eigenvalue weighted by Crippen LogP contribution is 2.18. The maximum absolute atomic E-state index is 10.0. The van der Waals surface area contributed by atoms with Crippen molar-refractivity contribution in [3.63, 3.8) is 0 Å². The van der Waals surface area contributed by atoms with E-state index in [-0.39, 0.29) is 12.6 Å². The van der Waals surface area contributed by atoms with Crippen LogP contribution in [0.5, 0.6) is 5.75 Å². The van der Waals surface area contributed by atoms with Gasteiger partial charge in [-0.3, -0.25) is 0 Å². The predicted molar refractivity (Wildman–Crippen MR) is 85.8 cm³/mol. The number of aliphatic hydroxyl groups excluding tert-OH is 1. The molecule has 0 saturated heterocycles. The van der Waals surface area contributed by atoms with Gasteiger partial charge in [-0.15, -0.1) is 11.3 Å². The fraction of sp³-hybridized carbons (Fsp3) is 0.438. The molecule has 0 spiro atoms. The highest BCUT2D eigenvalue weighted by Gasteiger charge is 2.13. The molecule has 1 aromatic carbocycles. The normalized spacial score (nSPS) is 13.9. The van der Waals surface area contributed by atoms with Crippen LogP contribution in [0.1, 0.15) is 30.0 Å². The lowest BCUT2D eigenvalue weighted by Crippen LogP contribution is -2.33. The van der Waals surface area contributed by atoms with Crippen LogP contribution in [0.4, 0.5) is 0 Å². The molecule has 4 nitrogen and oxygen atoms in total. The Kier molecular flexibility index (Phi) is 6.17. The summed E-state index contributed by atoms with van der Waals surface area (Å²) in [6.07, 6.45) is 2.21. The standard InChI is InChI=1S/C16H22N2O2S/c1-3-15(16-17-7-8-21-16)18-10-13(19)11-20-14-6-4-5-12(2)9-14/h4-9,13,15,18-19H,3,10-11H2,1-2H3. The Balaban J connectivity index is 1.75. The van der Waals surface area contributed by atoms with Gasteiger partial charge in [0.25, 0.3) is 0 Å². The van der Waals surface area contributed by atoms with Gasteiger partial charge in [-0.1, -0.05) is 19.1 Å². The van der Waals surface area contributed by atoms with Crippen molar-refractivity contribution in [2.24, 2.45) is 0 Å². The van der Waals surface area contributed by atoms with Gasteiger partial charge in [0.1, 0.15) is 23.5 Å². The Morgan fingerprint density at radius 2 is 2.29 bits per heavy atom. The summed E-state index contributed by atoms with van der Waals surface area (Å²) in [6, 6.07) is 8.02. The minimum absolute atomic E-state index is 0.193. The molecule has 0 radical (unpaired) electrons. The van der Waals surface area contributed by atoms with Crippen molar-refractivity contribution in [2.75, 3.05) is 13.2 Å². The first-order valence-electron chi connectivity index (χ1n) is 7.19. The summed E-state index contributed by atoms with van der Waals surface area (Å²) in [5.41, 5.74) is 1.15. The predicted octanol–water partition coefficient (Wildman–Crippen LogP) is 2.93. The van der Waals surface area contributed by atoms with Crippen molar-refractivity contribution in [2.45, 2.75) is 32.4 Å². The SMILES string of the molecule is CCC(NCC(O)COc1cccc(C)c1)c1nccs1. The number of ether oxygens (including phenoxy) is 1. The second-order valence-electron chi connectivity index (χ2n) is 5.02. The first-order valence-corrected chi connectivity index (χ1v) is 8.07. The molecular weight excluding hydrogens is 284 g/mol. The highest BCUT2D eigenvalue weighted by molar-refractivity contribution is 7.09. The van der Waals surface area contributed by atoms with Crippen LogP contribution in [0.25, 0.3) is 0 Å². The molecule has 0 bridgehead atoms. The van der Waals surface area contributed by atoms with Crippen LogP contribution in [-0.4, -0.2) is 29.3 Å². The molecule has 2 N–H and O–H groups in total. The molecule has 1 aromatic heterocycles. The summed E-state index contributed by atoms with van der Waals surface area (Å²) >= 11 is 1.63. The zero-order chi connectivity index (χ0) is 15.1. The van der Waals surface area contributed by atoms with Gasteiger partial charge < -0.3 is 15.2 Å². The maximum atomic E-state index is 10.0. The van der Waals surface area contributed by atoms with E-state index in [2.05, 4.69) is 17.2 Å². The van der Waals surface area contributed by atoms with Gasteiger partial charge in [0, 0.05) is 18.1 Å². The molecule has 0 aliphatic rings. The Morgan fingerprint density at radius 1 is 1.43 bits per heavy atom. The summed E-state index contributed by atoms with van der Waals surface area (Å²) in [7, 11) is 0. The largest absolute Gasteiger partial charge is 0.491 e. The minimum Gasteiger partial charge on any atom is -0.491 e. The molecule has 1 heterocycles. The average molecular weight is 306 g/mol. The topological polar surface area (TPSA) is 54.4 Å². The van der Waals surface area contributed by atoms with Gasteiger partial charge in [-0.25, -0.2) is 4.98 Å². The lowest BCUT2D eigenvalue weighted by molar-refractivity contribution is 0.103. The number of aliphatic hydroxyl groups is 1. The Bertz CT molecular complexity index is 531. The zero-order valence-electron chi connectivity index (χ0n) is 12.5. The second kappa shape index (κ2) is 8.12. The van der Waals surface area contributed by atoms with E-state index in [1.54, 1.807) is 11.3 Å². The summed E-state index contributed by atoms with van der Waals surface area (Å²) in [5.74, 6) is 0.793. The van der Waals surface area contributed by atoms with E-state index >= 15 is 0 Å². The Hall–Kier alpha value is -1.43. The molecule has 2 rings (SSSR count). The third-order valence-electron chi connectivity index (χ3n) is 3.19. The molecule has 0 fully saturated rings. The molecule has 2 unspecified atom stereocenters. The van der Waals surface area contributed by atoms with Crippen molar-refractivity contribution in [3.8, 4) is 5.75 Å². The van der Waals surface area contributed by atoms with Gasteiger partial charge in [0.05, 0.1) is 6.04 Å². The molecule has 2 aromatic rings. The van der Waals surface area contributed by atoms with Crippen LogP contribution in [0.15, 0.2) is 35.8 Å². The first kappa shape index (κ1) is 15.9. The van der Waals surface area contributed by atoms with Crippen LogP contribution >= 0.6 is 11.3 Å². The van der Waals surface area contributed by atoms with Crippen LogP contribution in [0.3, 0.4) is 0 Å². The summed E-state index contributed by atoms with van der Waals surface area (Å²) in [4.78, 5) is 4.31. The minimum atomic E-state index is -0.542. The van der Waals surface area contributed by atoms with Gasteiger partial charge in [0.15, 0.2) is 0 Å². The van der Waals surface area contributed by atoms with Crippen LogP contribution in [-0.2, 0) is 0 Å². The second-order valence-corrected chi connectivity index (χ2v) is 5.95. The van der Waals surface area contributed by atoms with Crippen LogP contribution in [0.2, 0.25) is 0 Å². The van der Waals surface area contributed by atoms with Crippen molar-refractivity contribution < 1.29 is 9.84 Å². The molecule has 0 saturated carbocycles. The van der Waals surface area contributed by atoms with E-state index in [0.29, 0.717) is 6.54 Å². The number of nitrogens with zero attached hydrogens (tertiary/aromatic N) is 1. The van der Waals surface area contributed by atoms with E-state index in [1.807, 2.05) is 42.8 Å². The number of rotatable bonds is 8. The number of aromatic nitrogens is 1. The van der Waals surface area contributed by atoms with E-state index in [4.69, 9.17) is 4.74 Å². The van der Waals surface area contributed by atoms with Crippen LogP contribution in [0, 0.1) is 6.92 Å². The van der Waals surface area contributed by atoms with E-state index in [0.717, 1.165) is 22.7 Å². The molecule has 21 heavy (non-hydrogen) atoms. The molecular formula is C16H22N2O2S. The fourth-order valence-corrected chi connectivity index (χ4v) is 2.84. The molecule has 0 amide bonds. The first-order chi connectivity index (χ1) is 10.2. The van der Waals surface area contributed by atoms with Gasteiger partial charge >= 0.3 is 0 Å². The summed E-state index contributed by atoms with van der Waals surface area (Å²) in [5, 5.41) is 16.4. The van der Waals surface area contributed by atoms with Crippen LogP contribution < -0.4 is 10.1 Å². The molecule has 5 heteroatoms. The number of benzene rings is 1. The van der Waals surface area contributed by atoms with Crippen molar-refractivity contribution in [3.05, 3.63) is 46.4 Å². The quantitative estimate of drug-likeness (QED) is 0.787. The summed E-state index contributed by atoms with van der Waals surface area (Å²) in [6.45, 7) is 4.90. The number of hydrogen-bond donors (Lipinski definition) is 2.